The third-order valence-corrected chi connectivity index (χ3v) is 2.76. The molecule has 0 bridgehead atoms. The summed E-state index contributed by atoms with van der Waals surface area (Å²) < 4.78 is 0. The second-order valence-corrected chi connectivity index (χ2v) is 4.87. The zero-order valence-corrected chi connectivity index (χ0v) is 9.42. The van der Waals surface area contributed by atoms with Crippen molar-refractivity contribution in [2.24, 2.45) is 17.6 Å². The highest BCUT2D eigenvalue weighted by Crippen LogP contribution is 2.32. The molecular formula is C11H22N2O. The Balaban J connectivity index is 2.25. The summed E-state index contributed by atoms with van der Waals surface area (Å²) in [5, 5.41) is 2.98. The van der Waals surface area contributed by atoms with E-state index in [0.717, 1.165) is 6.42 Å². The minimum atomic E-state index is -0.337. The topological polar surface area (TPSA) is 55.1 Å². The van der Waals surface area contributed by atoms with Gasteiger partial charge >= 0.3 is 0 Å². The molecule has 1 fully saturated rings. The Morgan fingerprint density at radius 2 is 2.00 bits per heavy atom. The van der Waals surface area contributed by atoms with Crippen LogP contribution in [0.25, 0.3) is 0 Å². The molecule has 0 radical (unpaired) electrons. The summed E-state index contributed by atoms with van der Waals surface area (Å²) >= 11 is 0. The van der Waals surface area contributed by atoms with E-state index >= 15 is 0 Å². The molecule has 1 aliphatic carbocycles. The molecule has 1 saturated carbocycles. The summed E-state index contributed by atoms with van der Waals surface area (Å²) in [7, 11) is 0. The molecule has 3 N–H and O–H groups in total. The third kappa shape index (κ3) is 3.66. The first-order chi connectivity index (χ1) is 6.50. The van der Waals surface area contributed by atoms with Crippen LogP contribution in [0, 0.1) is 11.8 Å². The van der Waals surface area contributed by atoms with Crippen molar-refractivity contribution in [3.8, 4) is 0 Å². The molecule has 1 aliphatic rings. The van der Waals surface area contributed by atoms with Crippen molar-refractivity contribution in [1.29, 1.82) is 0 Å². The zero-order valence-electron chi connectivity index (χ0n) is 9.42. The molecule has 0 aromatic carbocycles. The van der Waals surface area contributed by atoms with Gasteiger partial charge in [0.05, 0.1) is 6.04 Å². The Bertz CT molecular complexity index is 199. The zero-order chi connectivity index (χ0) is 10.7. The monoisotopic (exact) mass is 198 g/mol. The molecule has 1 amide bonds. The summed E-state index contributed by atoms with van der Waals surface area (Å²) in [5.41, 5.74) is 5.77. The average Bonchev–Trinajstić information content (AvgIpc) is 2.84. The van der Waals surface area contributed by atoms with Gasteiger partial charge in [-0.15, -0.1) is 0 Å². The molecule has 1 unspecified atom stereocenters. The van der Waals surface area contributed by atoms with Crippen LogP contribution >= 0.6 is 0 Å². The van der Waals surface area contributed by atoms with E-state index in [2.05, 4.69) is 26.1 Å². The maximum atomic E-state index is 11.6. The van der Waals surface area contributed by atoms with Gasteiger partial charge in [-0.05, 0) is 38.0 Å². The second kappa shape index (κ2) is 4.78. The lowest BCUT2D eigenvalue weighted by Gasteiger charge is -2.18. The normalized spacial score (nSPS) is 20.6. The van der Waals surface area contributed by atoms with E-state index in [1.54, 1.807) is 0 Å². The first kappa shape index (κ1) is 11.5. The summed E-state index contributed by atoms with van der Waals surface area (Å²) in [6.07, 6.45) is 3.27. The lowest BCUT2D eigenvalue weighted by atomic mass is 10.0. The van der Waals surface area contributed by atoms with Crippen molar-refractivity contribution < 1.29 is 4.79 Å². The van der Waals surface area contributed by atoms with E-state index in [-0.39, 0.29) is 11.9 Å². The molecule has 3 heteroatoms. The molecule has 0 heterocycles. The molecule has 3 nitrogen and oxygen atoms in total. The number of hydrogen-bond acceptors (Lipinski definition) is 2. The molecule has 82 valence electrons. The quantitative estimate of drug-likeness (QED) is 0.699. The molecule has 1 rings (SSSR count). The summed E-state index contributed by atoms with van der Waals surface area (Å²) in [4.78, 5) is 11.6. The fourth-order valence-corrected chi connectivity index (χ4v) is 1.66. The van der Waals surface area contributed by atoms with Crippen molar-refractivity contribution in [1.82, 2.24) is 5.32 Å². The molecule has 0 aliphatic heterocycles. The van der Waals surface area contributed by atoms with Gasteiger partial charge in [-0.25, -0.2) is 0 Å². The van der Waals surface area contributed by atoms with Crippen LogP contribution in [0.4, 0.5) is 0 Å². The van der Waals surface area contributed by atoms with Crippen LogP contribution in [0.2, 0.25) is 0 Å². The smallest absolute Gasteiger partial charge is 0.237 e. The Labute approximate surface area is 86.4 Å². The number of rotatable bonds is 5. The largest absolute Gasteiger partial charge is 0.352 e. The van der Waals surface area contributed by atoms with Crippen LogP contribution in [0.3, 0.4) is 0 Å². The number of nitrogens with two attached hydrogens (primary N) is 1. The average molecular weight is 198 g/mol. The lowest BCUT2D eigenvalue weighted by Crippen LogP contribution is -2.45. The van der Waals surface area contributed by atoms with Gasteiger partial charge in [0, 0.05) is 6.04 Å². The molecule has 14 heavy (non-hydrogen) atoms. The first-order valence-electron chi connectivity index (χ1n) is 5.56. The van der Waals surface area contributed by atoms with Crippen molar-refractivity contribution in [3.63, 3.8) is 0 Å². The number of carbonyl (C=O) groups excluding carboxylic acids is 1. The van der Waals surface area contributed by atoms with Gasteiger partial charge in [0.15, 0.2) is 0 Å². The fraction of sp³-hybridized carbons (Fsp3) is 0.909. The van der Waals surface area contributed by atoms with Crippen LogP contribution in [0.1, 0.15) is 40.0 Å². The van der Waals surface area contributed by atoms with Gasteiger partial charge in [-0.1, -0.05) is 13.8 Å². The minimum absolute atomic E-state index is 0.0121. The highest BCUT2D eigenvalue weighted by molar-refractivity contribution is 5.81. The van der Waals surface area contributed by atoms with E-state index in [1.807, 2.05) is 0 Å². The van der Waals surface area contributed by atoms with E-state index in [4.69, 9.17) is 5.73 Å². The van der Waals surface area contributed by atoms with Crippen molar-refractivity contribution in [3.05, 3.63) is 0 Å². The van der Waals surface area contributed by atoms with Gasteiger partial charge in [0.25, 0.3) is 0 Å². The highest BCUT2D eigenvalue weighted by atomic mass is 16.2. The van der Waals surface area contributed by atoms with Crippen LogP contribution in [0.5, 0.6) is 0 Å². The van der Waals surface area contributed by atoms with Gasteiger partial charge in [-0.2, -0.15) is 0 Å². The van der Waals surface area contributed by atoms with E-state index in [1.165, 1.54) is 12.8 Å². The maximum absolute atomic E-state index is 11.6. The standard InChI is InChI=1S/C11H22N2O/c1-7(2)6-10(12)11(14)13-8(3)9-4-5-9/h7-10H,4-6,12H2,1-3H3,(H,13,14)/t8?,10-/m1/s1. The Morgan fingerprint density at radius 3 is 2.43 bits per heavy atom. The third-order valence-electron chi connectivity index (χ3n) is 2.76. The Kier molecular flexibility index (Phi) is 3.93. The molecule has 0 aromatic rings. The van der Waals surface area contributed by atoms with Crippen LogP contribution in [0.15, 0.2) is 0 Å². The van der Waals surface area contributed by atoms with Gasteiger partial charge in [0.2, 0.25) is 5.91 Å². The van der Waals surface area contributed by atoms with Crippen molar-refractivity contribution in [2.45, 2.75) is 52.1 Å². The van der Waals surface area contributed by atoms with Gasteiger partial charge in [0.1, 0.15) is 0 Å². The Morgan fingerprint density at radius 1 is 1.43 bits per heavy atom. The summed E-state index contributed by atoms with van der Waals surface area (Å²) in [5.74, 6) is 1.19. The second-order valence-electron chi connectivity index (χ2n) is 4.87. The van der Waals surface area contributed by atoms with Crippen LogP contribution < -0.4 is 11.1 Å². The number of amides is 1. The molecule has 2 atom stereocenters. The number of hydrogen-bond donors (Lipinski definition) is 2. The molecule has 0 spiro atoms. The Hall–Kier alpha value is -0.570. The first-order valence-corrected chi connectivity index (χ1v) is 5.56. The number of carbonyl (C=O) groups is 1. The lowest BCUT2D eigenvalue weighted by molar-refractivity contribution is -0.123. The minimum Gasteiger partial charge on any atom is -0.352 e. The predicted molar refractivity (Wildman–Crippen MR) is 57.8 cm³/mol. The molecule has 0 aromatic heterocycles. The van der Waals surface area contributed by atoms with Crippen molar-refractivity contribution in [2.75, 3.05) is 0 Å². The highest BCUT2D eigenvalue weighted by Gasteiger charge is 2.29. The van der Waals surface area contributed by atoms with E-state index in [9.17, 15) is 4.79 Å². The van der Waals surface area contributed by atoms with Gasteiger partial charge in [-0.3, -0.25) is 4.79 Å². The van der Waals surface area contributed by atoms with E-state index < -0.39 is 0 Å². The van der Waals surface area contributed by atoms with Crippen LogP contribution in [-0.4, -0.2) is 18.0 Å². The maximum Gasteiger partial charge on any atom is 0.237 e. The summed E-state index contributed by atoms with van der Waals surface area (Å²) in [6.45, 7) is 6.23. The van der Waals surface area contributed by atoms with Crippen molar-refractivity contribution >= 4 is 5.91 Å². The van der Waals surface area contributed by atoms with Gasteiger partial charge < -0.3 is 11.1 Å². The van der Waals surface area contributed by atoms with E-state index in [0.29, 0.717) is 17.9 Å². The number of nitrogens with one attached hydrogen (secondary N) is 1. The predicted octanol–water partition coefficient (Wildman–Crippen LogP) is 1.27. The van der Waals surface area contributed by atoms with Crippen LogP contribution in [-0.2, 0) is 4.79 Å². The fourth-order valence-electron chi connectivity index (χ4n) is 1.66. The molecular weight excluding hydrogens is 176 g/mol. The molecule has 0 saturated heterocycles. The SMILES string of the molecule is CC(C)C[C@@H](N)C(=O)NC(C)C1CC1. The summed E-state index contributed by atoms with van der Waals surface area (Å²) in [6, 6.07) is -0.0306.